The molecule has 2 heteroatoms. The van der Waals surface area contributed by atoms with Crippen LogP contribution in [0.4, 0.5) is 0 Å². The largest absolute Gasteiger partial charge is 0.505 e. The summed E-state index contributed by atoms with van der Waals surface area (Å²) in [4.78, 5) is 0. The van der Waals surface area contributed by atoms with Crippen LogP contribution in [0.5, 0.6) is 0 Å². The molecule has 112 valence electrons. The molecule has 2 fully saturated rings. The van der Waals surface area contributed by atoms with E-state index in [1.165, 1.54) is 44.9 Å². The molecule has 0 heterocycles. The van der Waals surface area contributed by atoms with Crippen LogP contribution in [0, 0.1) is 35.0 Å². The number of hydrogen-bond acceptors (Lipinski definition) is 2. The van der Waals surface area contributed by atoms with Gasteiger partial charge in [-0.15, -0.1) is 0 Å². The Kier molecular flexibility index (Phi) is 6.43. The summed E-state index contributed by atoms with van der Waals surface area (Å²) in [6.07, 6.45) is 17.1. The maximum absolute atomic E-state index is 8.98. The first-order valence-electron chi connectivity index (χ1n) is 8.41. The molecule has 0 saturated heterocycles. The SMILES string of the molecule is CO/C=C/CC[C@H]1CC[C@H](C2CCC(C#N)CC2)CC1. The molecule has 0 radical (unpaired) electrons. The summed E-state index contributed by atoms with van der Waals surface area (Å²) in [5.41, 5.74) is 0. The summed E-state index contributed by atoms with van der Waals surface area (Å²) in [7, 11) is 1.71. The zero-order chi connectivity index (χ0) is 14.2. The molecule has 0 N–H and O–H groups in total. The molecule has 0 spiro atoms. The molecule has 0 aromatic carbocycles. The maximum Gasteiger partial charge on any atom is 0.0784 e. The van der Waals surface area contributed by atoms with Gasteiger partial charge in [-0.3, -0.25) is 0 Å². The minimum absolute atomic E-state index is 0.357. The molecular weight excluding hydrogens is 246 g/mol. The van der Waals surface area contributed by atoms with Gasteiger partial charge in [-0.1, -0.05) is 12.8 Å². The van der Waals surface area contributed by atoms with Crippen molar-refractivity contribution in [3.8, 4) is 6.07 Å². The topological polar surface area (TPSA) is 33.0 Å². The lowest BCUT2D eigenvalue weighted by molar-refractivity contribution is 0.154. The van der Waals surface area contributed by atoms with Crippen molar-refractivity contribution in [1.29, 1.82) is 5.26 Å². The van der Waals surface area contributed by atoms with E-state index in [0.29, 0.717) is 5.92 Å². The van der Waals surface area contributed by atoms with Crippen LogP contribution in [-0.2, 0) is 4.74 Å². The van der Waals surface area contributed by atoms with Gasteiger partial charge in [0.1, 0.15) is 0 Å². The van der Waals surface area contributed by atoms with Crippen molar-refractivity contribution in [2.75, 3.05) is 7.11 Å². The summed E-state index contributed by atoms with van der Waals surface area (Å²) >= 11 is 0. The highest BCUT2D eigenvalue weighted by atomic mass is 16.5. The third-order valence-corrected chi connectivity index (χ3v) is 5.49. The fourth-order valence-corrected chi connectivity index (χ4v) is 4.16. The molecule has 2 aliphatic rings. The molecule has 0 aliphatic heterocycles. The van der Waals surface area contributed by atoms with E-state index in [4.69, 9.17) is 10.00 Å². The zero-order valence-corrected chi connectivity index (χ0v) is 12.9. The molecule has 2 aliphatic carbocycles. The normalized spacial score (nSPS) is 34.8. The second kappa shape index (κ2) is 8.35. The summed E-state index contributed by atoms with van der Waals surface area (Å²) in [6.45, 7) is 0. The second-order valence-electron chi connectivity index (χ2n) is 6.71. The molecule has 0 unspecified atom stereocenters. The third kappa shape index (κ3) is 4.54. The Morgan fingerprint density at radius 2 is 1.60 bits per heavy atom. The van der Waals surface area contributed by atoms with E-state index in [0.717, 1.165) is 37.0 Å². The number of hydrogen-bond donors (Lipinski definition) is 0. The van der Waals surface area contributed by atoms with Crippen molar-refractivity contribution < 1.29 is 4.74 Å². The first kappa shape index (κ1) is 15.4. The Bertz CT molecular complexity index is 328. The van der Waals surface area contributed by atoms with Crippen LogP contribution in [0.2, 0.25) is 0 Å². The molecule has 2 rings (SSSR count). The molecule has 0 atom stereocenters. The van der Waals surface area contributed by atoms with Crippen molar-refractivity contribution in [1.82, 2.24) is 0 Å². The monoisotopic (exact) mass is 275 g/mol. The van der Waals surface area contributed by atoms with Gasteiger partial charge >= 0.3 is 0 Å². The highest BCUT2D eigenvalue weighted by molar-refractivity contribution is 4.89. The highest BCUT2D eigenvalue weighted by Gasteiger charge is 2.30. The van der Waals surface area contributed by atoms with Gasteiger partial charge in [0, 0.05) is 5.92 Å². The molecule has 0 aromatic heterocycles. The van der Waals surface area contributed by atoms with Gasteiger partial charge < -0.3 is 4.74 Å². The summed E-state index contributed by atoms with van der Waals surface area (Å²) < 4.78 is 4.94. The first-order valence-corrected chi connectivity index (χ1v) is 8.41. The van der Waals surface area contributed by atoms with E-state index in [9.17, 15) is 0 Å². The maximum atomic E-state index is 8.98. The quantitative estimate of drug-likeness (QED) is 0.657. The van der Waals surface area contributed by atoms with E-state index in [2.05, 4.69) is 12.1 Å². The lowest BCUT2D eigenvalue weighted by Crippen LogP contribution is -2.25. The van der Waals surface area contributed by atoms with E-state index < -0.39 is 0 Å². The van der Waals surface area contributed by atoms with Crippen LogP contribution < -0.4 is 0 Å². The Labute approximate surface area is 124 Å². The third-order valence-electron chi connectivity index (χ3n) is 5.49. The van der Waals surface area contributed by atoms with E-state index in [1.807, 2.05) is 0 Å². The Balaban J connectivity index is 1.64. The molecule has 2 nitrogen and oxygen atoms in total. The molecule has 20 heavy (non-hydrogen) atoms. The molecular formula is C18H29NO. The van der Waals surface area contributed by atoms with Crippen LogP contribution in [0.1, 0.15) is 64.2 Å². The lowest BCUT2D eigenvalue weighted by atomic mass is 9.69. The smallest absolute Gasteiger partial charge is 0.0784 e. The van der Waals surface area contributed by atoms with Gasteiger partial charge in [0.05, 0.1) is 19.4 Å². The first-order chi connectivity index (χ1) is 9.83. The Morgan fingerprint density at radius 1 is 1.00 bits per heavy atom. The van der Waals surface area contributed by atoms with Gasteiger partial charge in [0.2, 0.25) is 0 Å². The van der Waals surface area contributed by atoms with Crippen LogP contribution in [0.15, 0.2) is 12.3 Å². The van der Waals surface area contributed by atoms with Crippen LogP contribution in [0.25, 0.3) is 0 Å². The average Bonchev–Trinajstić information content (AvgIpc) is 2.52. The number of methoxy groups -OCH3 is 1. The van der Waals surface area contributed by atoms with Crippen LogP contribution in [0.3, 0.4) is 0 Å². The van der Waals surface area contributed by atoms with E-state index in [1.54, 1.807) is 13.4 Å². The fraction of sp³-hybridized carbons (Fsp3) is 0.833. The second-order valence-corrected chi connectivity index (χ2v) is 6.71. The predicted octanol–water partition coefficient (Wildman–Crippen LogP) is 5.06. The Hall–Kier alpha value is -0.970. The number of nitrogens with zero attached hydrogens (tertiary/aromatic N) is 1. The minimum Gasteiger partial charge on any atom is -0.505 e. The Morgan fingerprint density at radius 3 is 2.15 bits per heavy atom. The van der Waals surface area contributed by atoms with Gasteiger partial charge in [-0.05, 0) is 75.2 Å². The van der Waals surface area contributed by atoms with Crippen molar-refractivity contribution >= 4 is 0 Å². The zero-order valence-electron chi connectivity index (χ0n) is 12.9. The van der Waals surface area contributed by atoms with E-state index >= 15 is 0 Å². The highest BCUT2D eigenvalue weighted by Crippen LogP contribution is 2.42. The van der Waals surface area contributed by atoms with E-state index in [-0.39, 0.29) is 0 Å². The summed E-state index contributed by atoms with van der Waals surface area (Å²) in [5.74, 6) is 3.17. The van der Waals surface area contributed by atoms with Gasteiger partial charge in [0.25, 0.3) is 0 Å². The average molecular weight is 275 g/mol. The number of allylic oxidation sites excluding steroid dienone is 1. The van der Waals surface area contributed by atoms with Crippen molar-refractivity contribution in [3.05, 3.63) is 12.3 Å². The summed E-state index contributed by atoms with van der Waals surface area (Å²) in [5, 5.41) is 8.98. The van der Waals surface area contributed by atoms with Gasteiger partial charge in [-0.2, -0.15) is 5.26 Å². The molecule has 0 amide bonds. The predicted molar refractivity (Wildman–Crippen MR) is 81.9 cm³/mol. The molecule has 2 saturated carbocycles. The van der Waals surface area contributed by atoms with Gasteiger partial charge in [0.15, 0.2) is 0 Å². The van der Waals surface area contributed by atoms with Crippen LogP contribution >= 0.6 is 0 Å². The standard InChI is InChI=1S/C18H29NO/c1-20-13-3-2-4-15-5-9-17(10-6-15)18-11-7-16(14-19)8-12-18/h3,13,15-18H,2,4-12H2,1H3/b13-3+/t15-,16?,17-,18?. The summed E-state index contributed by atoms with van der Waals surface area (Å²) in [6, 6.07) is 2.45. The van der Waals surface area contributed by atoms with Crippen LogP contribution in [-0.4, -0.2) is 7.11 Å². The number of ether oxygens (including phenoxy) is 1. The molecule has 0 bridgehead atoms. The van der Waals surface area contributed by atoms with Crippen molar-refractivity contribution in [2.24, 2.45) is 23.7 Å². The number of nitriles is 1. The minimum atomic E-state index is 0.357. The van der Waals surface area contributed by atoms with Gasteiger partial charge in [-0.25, -0.2) is 0 Å². The lowest BCUT2D eigenvalue weighted by Gasteiger charge is -2.36. The van der Waals surface area contributed by atoms with Crippen molar-refractivity contribution in [3.63, 3.8) is 0 Å². The molecule has 0 aromatic rings. The fourth-order valence-electron chi connectivity index (χ4n) is 4.16. The number of rotatable bonds is 5. The van der Waals surface area contributed by atoms with Crippen molar-refractivity contribution in [2.45, 2.75) is 64.2 Å².